The minimum atomic E-state index is -4.49. The Morgan fingerprint density at radius 2 is 1.38 bits per heavy atom. The highest BCUT2D eigenvalue weighted by atomic mass is 32.2. The van der Waals surface area contributed by atoms with Crippen LogP contribution in [0.4, 0.5) is 0 Å². The van der Waals surface area contributed by atoms with E-state index in [2.05, 4.69) is 15.6 Å². The second-order valence-electron chi connectivity index (χ2n) is 12.3. The fourth-order valence-corrected chi connectivity index (χ4v) is 7.73. The average Bonchev–Trinajstić information content (AvgIpc) is 3.14. The van der Waals surface area contributed by atoms with Crippen LogP contribution in [-0.2, 0) is 42.6 Å². The van der Waals surface area contributed by atoms with Crippen LogP contribution in [0.15, 0.2) is 131 Å². The van der Waals surface area contributed by atoms with Crippen LogP contribution in [-0.4, -0.2) is 73.7 Å². The number of primary sulfonamides is 1. The van der Waals surface area contributed by atoms with Crippen molar-refractivity contribution in [3.8, 4) is 0 Å². The lowest BCUT2D eigenvalue weighted by Gasteiger charge is -2.31. The SMILES string of the molecule is NC(=O)C[C@H](NC(=O)c1ccc2ccccc2n1)C(=O)N[C@@H](Cc1ccccc1)[C@H](O)CN(Cc1ccccc1)S(=O)(=O)c1cccc(S(N)(=O)=O)c1. The van der Waals surface area contributed by atoms with Gasteiger partial charge >= 0.3 is 0 Å². The van der Waals surface area contributed by atoms with Crippen LogP contribution >= 0.6 is 0 Å². The molecule has 5 aromatic rings. The summed E-state index contributed by atoms with van der Waals surface area (Å²) in [6.45, 7) is -0.798. The van der Waals surface area contributed by atoms with E-state index in [0.717, 1.165) is 21.8 Å². The van der Waals surface area contributed by atoms with Crippen molar-refractivity contribution in [1.82, 2.24) is 19.9 Å². The van der Waals surface area contributed by atoms with Gasteiger partial charge in [-0.25, -0.2) is 27.0 Å². The van der Waals surface area contributed by atoms with Crippen LogP contribution in [0.3, 0.4) is 0 Å². The van der Waals surface area contributed by atoms with Gasteiger partial charge < -0.3 is 21.5 Å². The van der Waals surface area contributed by atoms with Crippen LogP contribution in [0.1, 0.15) is 28.0 Å². The number of primary amides is 1. The Bertz CT molecular complexity index is 2310. The van der Waals surface area contributed by atoms with Gasteiger partial charge in [-0.3, -0.25) is 14.4 Å². The number of aliphatic hydroxyl groups excluding tert-OH is 1. The first kappa shape index (κ1) is 38.7. The van der Waals surface area contributed by atoms with E-state index in [1.54, 1.807) is 78.9 Å². The van der Waals surface area contributed by atoms with E-state index in [9.17, 15) is 36.3 Å². The van der Waals surface area contributed by atoms with E-state index in [1.807, 2.05) is 12.1 Å². The molecule has 1 aromatic heterocycles. The van der Waals surface area contributed by atoms with E-state index >= 15 is 0 Å². The van der Waals surface area contributed by atoms with Crippen LogP contribution < -0.4 is 21.5 Å². The molecular formula is C37H38N6O8S2. The number of hydrogen-bond donors (Lipinski definition) is 5. The monoisotopic (exact) mass is 758 g/mol. The van der Waals surface area contributed by atoms with E-state index < -0.39 is 73.8 Å². The van der Waals surface area contributed by atoms with E-state index in [0.29, 0.717) is 16.6 Å². The van der Waals surface area contributed by atoms with Crippen molar-refractivity contribution in [2.24, 2.45) is 10.9 Å². The maximum Gasteiger partial charge on any atom is 0.270 e. The first-order chi connectivity index (χ1) is 25.2. The Labute approximate surface area is 306 Å². The first-order valence-electron chi connectivity index (χ1n) is 16.3. The molecule has 53 heavy (non-hydrogen) atoms. The number of nitrogens with two attached hydrogens (primary N) is 2. The van der Waals surface area contributed by atoms with Crippen molar-refractivity contribution >= 4 is 48.7 Å². The number of nitrogens with one attached hydrogen (secondary N) is 2. The zero-order chi connectivity index (χ0) is 38.2. The fraction of sp³-hybridized carbons (Fsp3) is 0.189. The summed E-state index contributed by atoms with van der Waals surface area (Å²) in [6, 6.07) is 29.4. The van der Waals surface area contributed by atoms with Crippen molar-refractivity contribution in [2.75, 3.05) is 6.54 Å². The number of aromatic nitrogens is 1. The quantitative estimate of drug-likeness (QED) is 0.0987. The highest BCUT2D eigenvalue weighted by Crippen LogP contribution is 2.23. The minimum Gasteiger partial charge on any atom is -0.390 e. The van der Waals surface area contributed by atoms with Crippen molar-refractivity contribution in [3.63, 3.8) is 0 Å². The van der Waals surface area contributed by atoms with Gasteiger partial charge in [-0.1, -0.05) is 91.0 Å². The number of carbonyl (C=O) groups excluding carboxylic acids is 3. The Hall–Kier alpha value is -5.52. The molecule has 0 aliphatic carbocycles. The lowest BCUT2D eigenvalue weighted by molar-refractivity contribution is -0.128. The van der Waals surface area contributed by atoms with Crippen molar-refractivity contribution < 1.29 is 36.3 Å². The summed E-state index contributed by atoms with van der Waals surface area (Å²) < 4.78 is 53.3. The van der Waals surface area contributed by atoms with Gasteiger partial charge in [-0.05, 0) is 47.9 Å². The molecule has 5 rings (SSSR count). The number of rotatable bonds is 16. The molecule has 0 unspecified atom stereocenters. The molecule has 1 heterocycles. The second kappa shape index (κ2) is 16.9. The molecule has 0 aliphatic rings. The van der Waals surface area contributed by atoms with Crippen molar-refractivity contribution in [1.29, 1.82) is 0 Å². The van der Waals surface area contributed by atoms with Crippen LogP contribution in [0.25, 0.3) is 10.9 Å². The number of fused-ring (bicyclic) bond motifs is 1. The number of benzene rings is 4. The van der Waals surface area contributed by atoms with Crippen LogP contribution in [0, 0.1) is 0 Å². The van der Waals surface area contributed by atoms with Gasteiger partial charge in [0.15, 0.2) is 0 Å². The van der Waals surface area contributed by atoms with Crippen molar-refractivity contribution in [2.45, 2.75) is 47.4 Å². The Morgan fingerprint density at radius 3 is 2.04 bits per heavy atom. The van der Waals surface area contributed by atoms with Gasteiger partial charge in [0.2, 0.25) is 31.9 Å². The van der Waals surface area contributed by atoms with Crippen molar-refractivity contribution in [3.05, 3.63) is 138 Å². The predicted octanol–water partition coefficient (Wildman–Crippen LogP) is 1.84. The maximum absolute atomic E-state index is 14.1. The predicted molar refractivity (Wildman–Crippen MR) is 197 cm³/mol. The number of sulfonamides is 2. The van der Waals surface area contributed by atoms with Gasteiger partial charge in [0.05, 0.1) is 33.9 Å². The molecule has 0 aliphatic heterocycles. The molecule has 0 fully saturated rings. The van der Waals surface area contributed by atoms with Gasteiger partial charge in [-0.15, -0.1) is 0 Å². The topological polar surface area (TPSA) is 232 Å². The number of para-hydroxylation sites is 1. The number of pyridine rings is 1. The summed E-state index contributed by atoms with van der Waals surface area (Å²) in [5.41, 5.74) is 7.21. The normalized spacial score (nSPS) is 13.6. The number of carbonyl (C=O) groups is 3. The Morgan fingerprint density at radius 1 is 0.755 bits per heavy atom. The molecule has 14 nitrogen and oxygen atoms in total. The van der Waals surface area contributed by atoms with Gasteiger partial charge in [-0.2, -0.15) is 4.31 Å². The number of hydrogen-bond acceptors (Lipinski definition) is 9. The minimum absolute atomic E-state index is 0.0113. The smallest absolute Gasteiger partial charge is 0.270 e. The van der Waals surface area contributed by atoms with Gasteiger partial charge in [0.25, 0.3) is 5.91 Å². The summed E-state index contributed by atoms with van der Waals surface area (Å²) in [5, 5.41) is 23.0. The molecular weight excluding hydrogens is 721 g/mol. The Balaban J connectivity index is 1.44. The molecule has 0 spiro atoms. The zero-order valence-corrected chi connectivity index (χ0v) is 29.9. The van der Waals surface area contributed by atoms with E-state index in [4.69, 9.17) is 10.9 Å². The second-order valence-corrected chi connectivity index (χ2v) is 15.8. The molecule has 7 N–H and O–H groups in total. The molecule has 4 aromatic carbocycles. The summed E-state index contributed by atoms with van der Waals surface area (Å²) in [6.07, 6.45) is -2.16. The summed E-state index contributed by atoms with van der Waals surface area (Å²) in [4.78, 5) is 42.7. The highest BCUT2D eigenvalue weighted by Gasteiger charge is 2.33. The third-order valence-corrected chi connectivity index (χ3v) is 11.0. The Kier molecular flexibility index (Phi) is 12.3. The largest absolute Gasteiger partial charge is 0.390 e. The number of nitrogens with zero attached hydrogens (tertiary/aromatic N) is 2. The van der Waals surface area contributed by atoms with Gasteiger partial charge in [0, 0.05) is 18.5 Å². The molecule has 0 radical (unpaired) electrons. The molecule has 276 valence electrons. The average molecular weight is 759 g/mol. The summed E-state index contributed by atoms with van der Waals surface area (Å²) in [7, 11) is -8.75. The highest BCUT2D eigenvalue weighted by molar-refractivity contribution is 7.90. The summed E-state index contributed by atoms with van der Waals surface area (Å²) >= 11 is 0. The molecule has 0 bridgehead atoms. The summed E-state index contributed by atoms with van der Waals surface area (Å²) in [5.74, 6) is -2.51. The first-order valence-corrected chi connectivity index (χ1v) is 19.3. The fourth-order valence-electron chi connectivity index (χ4n) is 5.60. The molecule has 3 atom stereocenters. The molecule has 3 amide bonds. The third-order valence-electron chi connectivity index (χ3n) is 8.31. The van der Waals surface area contributed by atoms with E-state index in [1.165, 1.54) is 18.2 Å². The third kappa shape index (κ3) is 10.3. The standard InChI is InChI=1S/C37H38N6O8S2/c38-35(45)22-33(42-36(46)31-19-18-27-14-7-8-17-30(27)40-31)37(47)41-32(20-25-10-3-1-4-11-25)34(44)24-43(23-26-12-5-2-6-13-26)53(50,51)29-16-9-15-28(21-29)52(39,48)49/h1-19,21,32-34,44H,20,22-24H2,(H2,38,45)(H,41,47)(H,42,46)(H2,39,48,49)/t32-,33-,34+/m0/s1. The van der Waals surface area contributed by atoms with Crippen LogP contribution in [0.5, 0.6) is 0 Å². The molecule has 16 heteroatoms. The van der Waals surface area contributed by atoms with Gasteiger partial charge in [0.1, 0.15) is 11.7 Å². The lowest BCUT2D eigenvalue weighted by atomic mass is 10.00. The molecule has 0 saturated carbocycles. The molecule has 0 saturated heterocycles. The lowest BCUT2D eigenvalue weighted by Crippen LogP contribution is -2.56. The van der Waals surface area contributed by atoms with E-state index in [-0.39, 0.29) is 23.6 Å². The number of amides is 3. The zero-order valence-electron chi connectivity index (χ0n) is 28.3. The van der Waals surface area contributed by atoms with Crippen LogP contribution in [0.2, 0.25) is 0 Å². The number of aliphatic hydroxyl groups is 1. The maximum atomic E-state index is 14.1.